The van der Waals surface area contributed by atoms with E-state index in [4.69, 9.17) is 0 Å². The van der Waals surface area contributed by atoms with Crippen LogP contribution in [0.3, 0.4) is 0 Å². The van der Waals surface area contributed by atoms with Crippen molar-refractivity contribution in [3.8, 4) is 11.8 Å². The van der Waals surface area contributed by atoms with E-state index in [0.29, 0.717) is 12.0 Å². The van der Waals surface area contributed by atoms with Gasteiger partial charge in [0.15, 0.2) is 0 Å². The maximum absolute atomic E-state index is 11.6. The van der Waals surface area contributed by atoms with Crippen molar-refractivity contribution in [2.24, 2.45) is 0 Å². The number of fused-ring (bicyclic) bond motifs is 1. The van der Waals surface area contributed by atoms with Gasteiger partial charge in [-0.1, -0.05) is 37.8 Å². The van der Waals surface area contributed by atoms with Gasteiger partial charge in [-0.15, -0.1) is 0 Å². The standard InChI is InChI=1S/C31H37NO2/c1-30(2)17-16-27(32(5)24-14-15-24)28-25(22-10-11-22)18-21(19-26(28)30)7-6-20-8-12-23(13-9-20)31(3,4)29(33)34/h8-9,12-13,18-19,22,24,27H,10-11,14-17H2,1-5H3,(H,33,34). The first kappa shape index (κ1) is 23.2. The molecular weight excluding hydrogens is 418 g/mol. The number of nitrogens with zero attached hydrogens (tertiary/aromatic N) is 1. The summed E-state index contributed by atoms with van der Waals surface area (Å²) in [6.07, 6.45) is 7.74. The van der Waals surface area contributed by atoms with Gasteiger partial charge in [-0.05, 0) is 117 Å². The molecule has 0 bridgehead atoms. The van der Waals surface area contributed by atoms with E-state index >= 15 is 0 Å². The van der Waals surface area contributed by atoms with Gasteiger partial charge in [-0.2, -0.15) is 0 Å². The maximum Gasteiger partial charge on any atom is 0.313 e. The molecule has 0 aromatic heterocycles. The molecule has 3 nitrogen and oxygen atoms in total. The Bertz CT molecular complexity index is 1170. The van der Waals surface area contributed by atoms with E-state index in [-0.39, 0.29) is 5.41 Å². The lowest BCUT2D eigenvalue weighted by molar-refractivity contribution is -0.142. The fraction of sp³-hybridized carbons (Fsp3) is 0.516. The minimum absolute atomic E-state index is 0.168. The van der Waals surface area contributed by atoms with Gasteiger partial charge in [0.1, 0.15) is 0 Å². The Morgan fingerprint density at radius 1 is 1.00 bits per heavy atom. The third kappa shape index (κ3) is 4.29. The summed E-state index contributed by atoms with van der Waals surface area (Å²) in [4.78, 5) is 14.2. The first-order valence-electron chi connectivity index (χ1n) is 12.8. The first-order chi connectivity index (χ1) is 16.1. The predicted octanol–water partition coefficient (Wildman–Crippen LogP) is 6.53. The monoisotopic (exact) mass is 455 g/mol. The van der Waals surface area contributed by atoms with E-state index in [2.05, 4.69) is 49.8 Å². The molecule has 178 valence electrons. The normalized spacial score (nSPS) is 21.5. The van der Waals surface area contributed by atoms with Gasteiger partial charge >= 0.3 is 5.97 Å². The molecule has 0 spiro atoms. The lowest BCUT2D eigenvalue weighted by Crippen LogP contribution is -2.36. The van der Waals surface area contributed by atoms with Crippen molar-refractivity contribution in [1.29, 1.82) is 0 Å². The van der Waals surface area contributed by atoms with Crippen LogP contribution < -0.4 is 0 Å². The maximum atomic E-state index is 11.6. The van der Waals surface area contributed by atoms with Crippen LogP contribution in [0.2, 0.25) is 0 Å². The topological polar surface area (TPSA) is 40.5 Å². The van der Waals surface area contributed by atoms with Crippen molar-refractivity contribution in [2.45, 2.75) is 95.1 Å². The van der Waals surface area contributed by atoms with Crippen molar-refractivity contribution >= 4 is 5.97 Å². The van der Waals surface area contributed by atoms with Gasteiger partial charge in [0.2, 0.25) is 0 Å². The van der Waals surface area contributed by atoms with Gasteiger partial charge in [0, 0.05) is 23.2 Å². The highest BCUT2D eigenvalue weighted by Gasteiger charge is 2.42. The fourth-order valence-corrected chi connectivity index (χ4v) is 5.57. The average Bonchev–Trinajstić information content (AvgIpc) is 3.70. The zero-order valence-electron chi connectivity index (χ0n) is 21.2. The molecule has 0 amide bonds. The second kappa shape index (κ2) is 8.28. The molecule has 3 heteroatoms. The Morgan fingerprint density at radius 3 is 2.24 bits per heavy atom. The van der Waals surface area contributed by atoms with Crippen molar-refractivity contribution < 1.29 is 9.90 Å². The van der Waals surface area contributed by atoms with E-state index < -0.39 is 11.4 Å². The number of carboxylic acids is 1. The van der Waals surface area contributed by atoms with Crippen molar-refractivity contribution in [3.05, 3.63) is 69.8 Å². The lowest BCUT2D eigenvalue weighted by Gasteiger charge is -2.42. The van der Waals surface area contributed by atoms with E-state index in [1.54, 1.807) is 25.0 Å². The van der Waals surface area contributed by atoms with Crippen molar-refractivity contribution in [2.75, 3.05) is 7.05 Å². The largest absolute Gasteiger partial charge is 0.481 e. The third-order valence-electron chi connectivity index (χ3n) is 8.44. The van der Waals surface area contributed by atoms with Crippen LogP contribution in [0, 0.1) is 11.8 Å². The SMILES string of the molecule is CN(C1CC1)C1CCC(C)(C)c2cc(C#Cc3ccc(C(C)(C)C(=O)O)cc3)cc(C3CC3)c21. The Kier molecular flexibility index (Phi) is 5.64. The van der Waals surface area contributed by atoms with Crippen LogP contribution in [-0.4, -0.2) is 29.1 Å². The van der Waals surface area contributed by atoms with Gasteiger partial charge in [-0.25, -0.2) is 0 Å². The predicted molar refractivity (Wildman–Crippen MR) is 137 cm³/mol. The summed E-state index contributed by atoms with van der Waals surface area (Å²) < 4.78 is 0. The van der Waals surface area contributed by atoms with Crippen LogP contribution in [0.4, 0.5) is 0 Å². The molecule has 2 aromatic rings. The molecule has 2 saturated carbocycles. The molecule has 0 saturated heterocycles. The first-order valence-corrected chi connectivity index (χ1v) is 12.8. The van der Waals surface area contributed by atoms with Gasteiger partial charge in [0.25, 0.3) is 0 Å². The van der Waals surface area contributed by atoms with E-state index in [0.717, 1.165) is 22.7 Å². The molecule has 34 heavy (non-hydrogen) atoms. The van der Waals surface area contributed by atoms with Crippen LogP contribution >= 0.6 is 0 Å². The van der Waals surface area contributed by atoms with Gasteiger partial charge < -0.3 is 5.11 Å². The Morgan fingerprint density at radius 2 is 1.65 bits per heavy atom. The highest BCUT2D eigenvalue weighted by atomic mass is 16.4. The van der Waals surface area contributed by atoms with Crippen LogP contribution in [-0.2, 0) is 15.6 Å². The van der Waals surface area contributed by atoms with Crippen LogP contribution in [0.15, 0.2) is 36.4 Å². The Balaban J connectivity index is 1.51. The van der Waals surface area contributed by atoms with Gasteiger partial charge in [-0.3, -0.25) is 9.69 Å². The van der Waals surface area contributed by atoms with Crippen molar-refractivity contribution in [1.82, 2.24) is 4.90 Å². The smallest absolute Gasteiger partial charge is 0.313 e. The summed E-state index contributed by atoms with van der Waals surface area (Å²) in [5.41, 5.74) is 6.75. The van der Waals surface area contributed by atoms with Crippen LogP contribution in [0.5, 0.6) is 0 Å². The minimum atomic E-state index is -0.903. The molecule has 3 aliphatic rings. The van der Waals surface area contributed by atoms with Crippen LogP contribution in [0.25, 0.3) is 0 Å². The number of carbonyl (C=O) groups is 1. The second-order valence-corrected chi connectivity index (χ2v) is 11.9. The number of hydrogen-bond acceptors (Lipinski definition) is 2. The zero-order valence-corrected chi connectivity index (χ0v) is 21.2. The highest BCUT2D eigenvalue weighted by Crippen LogP contribution is 2.52. The number of benzene rings is 2. The summed E-state index contributed by atoms with van der Waals surface area (Å²) >= 11 is 0. The molecule has 0 aliphatic heterocycles. The third-order valence-corrected chi connectivity index (χ3v) is 8.44. The molecule has 1 unspecified atom stereocenters. The number of aliphatic carboxylic acids is 1. The summed E-state index contributed by atoms with van der Waals surface area (Å²) in [5, 5.41) is 9.49. The van der Waals surface area contributed by atoms with Gasteiger partial charge in [0.05, 0.1) is 5.41 Å². The van der Waals surface area contributed by atoms with E-state index in [9.17, 15) is 9.90 Å². The Labute approximate surface area is 204 Å². The fourth-order valence-electron chi connectivity index (χ4n) is 5.57. The highest BCUT2D eigenvalue weighted by molar-refractivity contribution is 5.80. The van der Waals surface area contributed by atoms with E-state index in [1.807, 2.05) is 24.3 Å². The van der Waals surface area contributed by atoms with E-state index in [1.165, 1.54) is 44.1 Å². The quantitative estimate of drug-likeness (QED) is 0.521. The molecule has 1 N–H and O–H groups in total. The molecule has 5 rings (SSSR count). The molecule has 0 heterocycles. The molecule has 2 aromatic carbocycles. The van der Waals surface area contributed by atoms with Crippen LogP contribution in [0.1, 0.15) is 112 Å². The summed E-state index contributed by atoms with van der Waals surface area (Å²) in [7, 11) is 2.34. The number of rotatable bonds is 5. The summed E-state index contributed by atoms with van der Waals surface area (Å²) in [5.74, 6) is 6.67. The molecular formula is C31H37NO2. The Hall–Kier alpha value is -2.57. The zero-order chi connectivity index (χ0) is 24.3. The second-order valence-electron chi connectivity index (χ2n) is 11.9. The van der Waals surface area contributed by atoms with Crippen molar-refractivity contribution in [3.63, 3.8) is 0 Å². The molecule has 0 radical (unpaired) electrons. The lowest BCUT2D eigenvalue weighted by atomic mass is 9.68. The molecule has 3 aliphatic carbocycles. The summed E-state index contributed by atoms with van der Waals surface area (Å²) in [6, 6.07) is 13.7. The molecule has 1 atom stereocenters. The number of carboxylic acid groups (broad SMARTS) is 1. The summed E-state index contributed by atoms with van der Waals surface area (Å²) in [6.45, 7) is 8.27. The number of hydrogen-bond donors (Lipinski definition) is 1. The minimum Gasteiger partial charge on any atom is -0.481 e. The molecule has 2 fully saturated rings. The average molecular weight is 456 g/mol.